The third kappa shape index (κ3) is 1.94. The van der Waals surface area contributed by atoms with Gasteiger partial charge in [-0.05, 0) is 18.2 Å². The minimum Gasteiger partial charge on any atom is -0.497 e. The number of nitrogens with zero attached hydrogens (tertiary/aromatic N) is 1. The fourth-order valence-corrected chi connectivity index (χ4v) is 3.45. The first kappa shape index (κ1) is 15.4. The van der Waals surface area contributed by atoms with Crippen molar-refractivity contribution in [1.82, 2.24) is 4.40 Å². The van der Waals surface area contributed by atoms with Crippen molar-refractivity contribution in [3.63, 3.8) is 0 Å². The van der Waals surface area contributed by atoms with Crippen LogP contribution >= 0.6 is 0 Å². The van der Waals surface area contributed by atoms with Crippen molar-refractivity contribution in [1.29, 1.82) is 0 Å². The zero-order chi connectivity index (χ0) is 17.7. The minimum atomic E-state index is -0.149. The molecule has 0 aliphatic rings. The molecule has 6 nitrogen and oxygen atoms in total. The van der Waals surface area contributed by atoms with Gasteiger partial charge in [0.15, 0.2) is 11.5 Å². The Morgan fingerprint density at radius 1 is 0.840 bits per heavy atom. The van der Waals surface area contributed by atoms with Crippen LogP contribution < -0.4 is 24.5 Å². The summed E-state index contributed by atoms with van der Waals surface area (Å²) in [6, 6.07) is 7.27. The largest absolute Gasteiger partial charge is 0.497 e. The normalized spacial score (nSPS) is 11.4. The number of hydrogen-bond donors (Lipinski definition) is 0. The molecule has 0 atom stereocenters. The number of aromatic nitrogens is 1. The van der Waals surface area contributed by atoms with Crippen LogP contribution in [-0.2, 0) is 0 Å². The maximum atomic E-state index is 13.1. The Labute approximate surface area is 143 Å². The van der Waals surface area contributed by atoms with Gasteiger partial charge in [-0.2, -0.15) is 0 Å². The molecule has 0 amide bonds. The van der Waals surface area contributed by atoms with Gasteiger partial charge in [-0.1, -0.05) is 0 Å². The standard InChI is InChI=1S/C19H17NO5/c1-22-11-8-12-15(13(9-11)23-2)19(21)20-6-5-10-7-14(24-3)18(25-4)16(12)17(10)20/h5-9H,1-4H3. The van der Waals surface area contributed by atoms with Crippen molar-refractivity contribution < 1.29 is 18.9 Å². The Morgan fingerprint density at radius 2 is 1.60 bits per heavy atom. The van der Waals surface area contributed by atoms with Gasteiger partial charge in [0, 0.05) is 23.0 Å². The molecule has 25 heavy (non-hydrogen) atoms. The number of hydrogen-bond acceptors (Lipinski definition) is 5. The van der Waals surface area contributed by atoms with E-state index < -0.39 is 0 Å². The highest BCUT2D eigenvalue weighted by Gasteiger charge is 2.22. The minimum absolute atomic E-state index is 0.149. The zero-order valence-corrected chi connectivity index (χ0v) is 14.4. The predicted molar refractivity (Wildman–Crippen MR) is 96.1 cm³/mol. The SMILES string of the molecule is COc1cc(OC)c2c(=O)n3ccc4cc(OC)c(OC)c(c2c1)c43. The monoisotopic (exact) mass is 339 g/mol. The molecular formula is C19H17NO5. The topological polar surface area (TPSA) is 58.4 Å². The van der Waals surface area contributed by atoms with Crippen molar-refractivity contribution >= 4 is 27.1 Å². The van der Waals surface area contributed by atoms with Crippen LogP contribution in [0.4, 0.5) is 0 Å². The van der Waals surface area contributed by atoms with Crippen LogP contribution in [0.15, 0.2) is 35.3 Å². The van der Waals surface area contributed by atoms with E-state index in [1.807, 2.05) is 18.2 Å². The second-order valence-corrected chi connectivity index (χ2v) is 5.67. The Kier molecular flexibility index (Phi) is 3.35. The van der Waals surface area contributed by atoms with Gasteiger partial charge in [0.1, 0.15) is 11.5 Å². The highest BCUT2D eigenvalue weighted by atomic mass is 16.5. The second-order valence-electron chi connectivity index (χ2n) is 5.67. The van der Waals surface area contributed by atoms with Crippen molar-refractivity contribution in [2.75, 3.05) is 28.4 Å². The molecule has 0 fully saturated rings. The lowest BCUT2D eigenvalue weighted by Crippen LogP contribution is -2.13. The number of fused-ring (bicyclic) bond motifs is 2. The average molecular weight is 339 g/mol. The number of ether oxygens (including phenoxy) is 4. The maximum absolute atomic E-state index is 13.1. The summed E-state index contributed by atoms with van der Waals surface area (Å²) in [7, 11) is 6.29. The molecule has 2 aromatic carbocycles. The summed E-state index contributed by atoms with van der Waals surface area (Å²) in [5.74, 6) is 2.22. The van der Waals surface area contributed by atoms with Crippen LogP contribution in [0.2, 0.25) is 0 Å². The van der Waals surface area contributed by atoms with Crippen molar-refractivity contribution in [2.45, 2.75) is 0 Å². The molecule has 0 saturated heterocycles. The lowest BCUT2D eigenvalue weighted by molar-refractivity contribution is 0.359. The van der Waals surface area contributed by atoms with Gasteiger partial charge in [-0.15, -0.1) is 0 Å². The Bertz CT molecular complexity index is 1160. The first-order valence-electron chi connectivity index (χ1n) is 7.71. The molecular weight excluding hydrogens is 322 g/mol. The number of methoxy groups -OCH3 is 4. The van der Waals surface area contributed by atoms with Gasteiger partial charge in [0.2, 0.25) is 0 Å². The van der Waals surface area contributed by atoms with Gasteiger partial charge < -0.3 is 18.9 Å². The third-order valence-electron chi connectivity index (χ3n) is 4.55. The second kappa shape index (κ2) is 5.44. The summed E-state index contributed by atoms with van der Waals surface area (Å²) in [6.45, 7) is 0. The van der Waals surface area contributed by atoms with Crippen LogP contribution in [0.3, 0.4) is 0 Å². The van der Waals surface area contributed by atoms with Crippen LogP contribution in [0, 0.1) is 0 Å². The molecule has 0 aliphatic heterocycles. The molecule has 0 radical (unpaired) electrons. The molecule has 128 valence electrons. The summed E-state index contributed by atoms with van der Waals surface area (Å²) < 4.78 is 23.6. The zero-order valence-electron chi connectivity index (χ0n) is 14.4. The summed E-state index contributed by atoms with van der Waals surface area (Å²) in [6.07, 6.45) is 1.75. The van der Waals surface area contributed by atoms with Gasteiger partial charge in [0.05, 0.1) is 44.7 Å². The fraction of sp³-hybridized carbons (Fsp3) is 0.211. The van der Waals surface area contributed by atoms with E-state index in [2.05, 4.69) is 0 Å². The van der Waals surface area contributed by atoms with Gasteiger partial charge in [0.25, 0.3) is 5.56 Å². The summed E-state index contributed by atoms with van der Waals surface area (Å²) in [5.41, 5.74) is 0.634. The Balaban J connectivity index is 2.39. The molecule has 2 aromatic heterocycles. The Hall–Kier alpha value is -3.15. The van der Waals surface area contributed by atoms with Crippen molar-refractivity contribution in [3.8, 4) is 23.0 Å². The van der Waals surface area contributed by atoms with E-state index in [9.17, 15) is 4.79 Å². The first-order chi connectivity index (χ1) is 12.1. The van der Waals surface area contributed by atoms with E-state index in [0.717, 1.165) is 16.3 Å². The molecule has 0 spiro atoms. The van der Waals surface area contributed by atoms with Crippen LogP contribution in [-0.4, -0.2) is 32.8 Å². The molecule has 0 aliphatic carbocycles. The third-order valence-corrected chi connectivity index (χ3v) is 4.55. The molecule has 4 rings (SSSR count). The fourth-order valence-electron chi connectivity index (χ4n) is 3.45. The molecule has 0 unspecified atom stereocenters. The van der Waals surface area contributed by atoms with Gasteiger partial charge in [-0.3, -0.25) is 9.20 Å². The number of benzene rings is 2. The molecule has 6 heteroatoms. The van der Waals surface area contributed by atoms with E-state index in [1.54, 1.807) is 38.0 Å². The molecule has 0 N–H and O–H groups in total. The van der Waals surface area contributed by atoms with E-state index in [0.29, 0.717) is 33.8 Å². The smallest absolute Gasteiger partial charge is 0.266 e. The van der Waals surface area contributed by atoms with E-state index in [-0.39, 0.29) is 5.56 Å². The first-order valence-corrected chi connectivity index (χ1v) is 7.71. The molecule has 0 saturated carbocycles. The maximum Gasteiger partial charge on any atom is 0.266 e. The highest BCUT2D eigenvalue weighted by Crippen LogP contribution is 2.44. The summed E-state index contributed by atoms with van der Waals surface area (Å²) in [5, 5.41) is 2.86. The highest BCUT2D eigenvalue weighted by molar-refractivity contribution is 6.17. The van der Waals surface area contributed by atoms with Crippen molar-refractivity contribution in [3.05, 3.63) is 40.8 Å². The van der Waals surface area contributed by atoms with Crippen LogP contribution in [0.1, 0.15) is 0 Å². The van der Waals surface area contributed by atoms with Gasteiger partial charge in [-0.25, -0.2) is 0 Å². The molecule has 4 aromatic rings. The van der Waals surface area contributed by atoms with E-state index >= 15 is 0 Å². The van der Waals surface area contributed by atoms with E-state index in [4.69, 9.17) is 18.9 Å². The quantitative estimate of drug-likeness (QED) is 0.535. The van der Waals surface area contributed by atoms with Crippen LogP contribution in [0.5, 0.6) is 23.0 Å². The lowest BCUT2D eigenvalue weighted by Gasteiger charge is -2.15. The molecule has 0 bridgehead atoms. The van der Waals surface area contributed by atoms with E-state index in [1.165, 1.54) is 7.11 Å². The van der Waals surface area contributed by atoms with Crippen molar-refractivity contribution in [2.24, 2.45) is 0 Å². The predicted octanol–water partition coefficient (Wildman–Crippen LogP) is 3.08. The number of rotatable bonds is 4. The molecule has 2 heterocycles. The lowest BCUT2D eigenvalue weighted by atomic mass is 10.0. The number of pyridine rings is 1. The van der Waals surface area contributed by atoms with Crippen LogP contribution in [0.25, 0.3) is 27.1 Å². The Morgan fingerprint density at radius 3 is 2.24 bits per heavy atom. The van der Waals surface area contributed by atoms with Gasteiger partial charge >= 0.3 is 0 Å². The summed E-state index contributed by atoms with van der Waals surface area (Å²) >= 11 is 0. The average Bonchev–Trinajstić information content (AvgIpc) is 3.08. The summed E-state index contributed by atoms with van der Waals surface area (Å²) in [4.78, 5) is 13.1.